The summed E-state index contributed by atoms with van der Waals surface area (Å²) in [6, 6.07) is 6.68. The summed E-state index contributed by atoms with van der Waals surface area (Å²) in [6.45, 7) is 3.78. The zero-order valence-corrected chi connectivity index (χ0v) is 27.6. The first-order valence-corrected chi connectivity index (χ1v) is 17.0. The lowest BCUT2D eigenvalue weighted by Crippen LogP contribution is -2.58. The van der Waals surface area contributed by atoms with E-state index in [1.807, 2.05) is 37.3 Å². The highest BCUT2D eigenvalue weighted by Crippen LogP contribution is 2.67. The van der Waals surface area contributed by atoms with Gasteiger partial charge in [-0.2, -0.15) is 0 Å². The van der Waals surface area contributed by atoms with E-state index in [4.69, 9.17) is 9.47 Å². The molecular weight excluding hydrogens is 600 g/mol. The Balaban J connectivity index is 1.02. The molecule has 47 heavy (non-hydrogen) atoms. The third-order valence-corrected chi connectivity index (χ3v) is 12.4. The van der Waals surface area contributed by atoms with Crippen LogP contribution in [-0.2, 0) is 39.9 Å². The van der Waals surface area contributed by atoms with Gasteiger partial charge < -0.3 is 24.9 Å². The van der Waals surface area contributed by atoms with E-state index in [2.05, 4.69) is 17.2 Å². The summed E-state index contributed by atoms with van der Waals surface area (Å²) in [6.07, 6.45) is 9.31. The molecule has 0 radical (unpaired) electrons. The highest BCUT2D eigenvalue weighted by Gasteiger charge is 2.66. The van der Waals surface area contributed by atoms with Crippen molar-refractivity contribution in [2.75, 3.05) is 13.7 Å². The van der Waals surface area contributed by atoms with Crippen LogP contribution >= 0.6 is 0 Å². The Morgan fingerprint density at radius 2 is 1.79 bits per heavy atom. The molecule has 0 unspecified atom stereocenters. The molecule has 6 rings (SSSR count). The van der Waals surface area contributed by atoms with E-state index in [0.29, 0.717) is 31.1 Å². The number of esters is 2. The number of aromatic nitrogens is 1. The maximum Gasteiger partial charge on any atom is 0.328 e. The molecule has 3 N–H and O–H groups in total. The predicted molar refractivity (Wildman–Crippen MR) is 173 cm³/mol. The Labute approximate surface area is 275 Å². The van der Waals surface area contributed by atoms with Crippen molar-refractivity contribution in [2.45, 2.75) is 96.1 Å². The lowest BCUT2D eigenvalue weighted by Gasteiger charge is -2.58. The van der Waals surface area contributed by atoms with Crippen molar-refractivity contribution in [1.29, 1.82) is 0 Å². The van der Waals surface area contributed by atoms with Gasteiger partial charge in [0.25, 0.3) is 0 Å². The number of aromatic amines is 1. The third-order valence-electron chi connectivity index (χ3n) is 12.4. The molecule has 252 valence electrons. The van der Waals surface area contributed by atoms with Crippen LogP contribution in [0.5, 0.6) is 0 Å². The van der Waals surface area contributed by atoms with E-state index < -0.39 is 47.3 Å². The second kappa shape index (κ2) is 12.7. The number of carbonyl (C=O) groups is 5. The van der Waals surface area contributed by atoms with Gasteiger partial charge in [0.05, 0.1) is 13.5 Å². The van der Waals surface area contributed by atoms with Gasteiger partial charge in [0.2, 0.25) is 11.7 Å². The number of methoxy groups -OCH3 is 1. The van der Waals surface area contributed by atoms with E-state index in [1.165, 1.54) is 12.7 Å². The number of nitrogens with one attached hydrogen (secondary N) is 2. The number of carbonyl (C=O) groups excluding carboxylic acids is 5. The number of hydrogen-bond donors (Lipinski definition) is 3. The van der Waals surface area contributed by atoms with Crippen molar-refractivity contribution < 1.29 is 38.6 Å². The van der Waals surface area contributed by atoms with Gasteiger partial charge in [-0.15, -0.1) is 0 Å². The minimum Gasteiger partial charge on any atom is -0.467 e. The van der Waals surface area contributed by atoms with Crippen molar-refractivity contribution >= 4 is 40.3 Å². The molecule has 4 aliphatic carbocycles. The van der Waals surface area contributed by atoms with Gasteiger partial charge in [0, 0.05) is 41.8 Å². The number of aliphatic hydroxyl groups is 1. The lowest BCUT2D eigenvalue weighted by atomic mass is 9.46. The van der Waals surface area contributed by atoms with Gasteiger partial charge in [0.15, 0.2) is 12.4 Å². The van der Waals surface area contributed by atoms with Gasteiger partial charge in [0.1, 0.15) is 11.6 Å². The number of ketones is 2. The Morgan fingerprint density at radius 3 is 2.57 bits per heavy atom. The Morgan fingerprint density at radius 1 is 1.02 bits per heavy atom. The number of Topliss-reactive ketones (excluding diaryl/α,β-unsaturated/α-hetero) is 1. The maximum atomic E-state index is 13.5. The van der Waals surface area contributed by atoms with Gasteiger partial charge in [-0.25, -0.2) is 4.79 Å². The van der Waals surface area contributed by atoms with E-state index in [0.717, 1.165) is 48.6 Å². The molecule has 3 fully saturated rings. The highest BCUT2D eigenvalue weighted by molar-refractivity contribution is 5.93. The number of benzene rings is 1. The number of para-hydroxylation sites is 1. The molecular formula is C37H46N2O8. The van der Waals surface area contributed by atoms with Crippen LogP contribution in [0, 0.1) is 28.6 Å². The summed E-state index contributed by atoms with van der Waals surface area (Å²) in [5, 5.41) is 15.5. The Hall–Kier alpha value is -3.79. The number of ether oxygens (including phenoxy) is 2. The fraction of sp³-hybridized carbons (Fsp3) is 0.595. The lowest BCUT2D eigenvalue weighted by molar-refractivity contribution is -0.170. The average molecular weight is 647 g/mol. The molecule has 1 aromatic heterocycles. The van der Waals surface area contributed by atoms with E-state index in [-0.39, 0.29) is 36.4 Å². The number of amides is 1. The molecule has 1 amide bonds. The van der Waals surface area contributed by atoms with Crippen LogP contribution in [0.25, 0.3) is 10.9 Å². The summed E-state index contributed by atoms with van der Waals surface area (Å²) in [7, 11) is 1.25. The van der Waals surface area contributed by atoms with Crippen LogP contribution in [-0.4, -0.2) is 64.9 Å². The fourth-order valence-corrected chi connectivity index (χ4v) is 9.71. The summed E-state index contributed by atoms with van der Waals surface area (Å²) >= 11 is 0. The van der Waals surface area contributed by atoms with Crippen molar-refractivity contribution in [3.05, 3.63) is 47.7 Å². The van der Waals surface area contributed by atoms with Crippen LogP contribution in [0.2, 0.25) is 0 Å². The summed E-state index contributed by atoms with van der Waals surface area (Å²) < 4.78 is 10.2. The fourth-order valence-electron chi connectivity index (χ4n) is 9.71. The number of H-pyrrole nitrogens is 1. The molecule has 0 spiro atoms. The molecule has 10 heteroatoms. The molecule has 0 saturated heterocycles. The van der Waals surface area contributed by atoms with Crippen molar-refractivity contribution in [3.8, 4) is 0 Å². The molecule has 7 atom stereocenters. The van der Waals surface area contributed by atoms with Gasteiger partial charge in [-0.05, 0) is 85.8 Å². The van der Waals surface area contributed by atoms with Crippen LogP contribution in [0.3, 0.4) is 0 Å². The highest BCUT2D eigenvalue weighted by atomic mass is 16.5. The van der Waals surface area contributed by atoms with Gasteiger partial charge >= 0.3 is 11.9 Å². The molecule has 2 aromatic rings. The van der Waals surface area contributed by atoms with Crippen LogP contribution in [0.1, 0.15) is 83.6 Å². The van der Waals surface area contributed by atoms with E-state index in [9.17, 15) is 29.1 Å². The topological polar surface area (TPSA) is 152 Å². The molecule has 0 bridgehead atoms. The second-order valence-corrected chi connectivity index (χ2v) is 14.6. The number of allylic oxidation sites excluding steroid dienone is 1. The minimum absolute atomic E-state index is 0.00200. The zero-order valence-electron chi connectivity index (χ0n) is 27.6. The van der Waals surface area contributed by atoms with E-state index in [1.54, 1.807) is 6.20 Å². The van der Waals surface area contributed by atoms with Crippen molar-refractivity contribution in [1.82, 2.24) is 10.3 Å². The Bertz CT molecular complexity index is 1630. The second-order valence-electron chi connectivity index (χ2n) is 14.6. The predicted octanol–water partition coefficient (Wildman–Crippen LogP) is 4.52. The summed E-state index contributed by atoms with van der Waals surface area (Å²) in [5.74, 6) is -1.14. The van der Waals surface area contributed by atoms with Gasteiger partial charge in [-0.3, -0.25) is 19.2 Å². The molecule has 3 saturated carbocycles. The average Bonchev–Trinajstić information content (AvgIpc) is 3.60. The minimum atomic E-state index is -1.59. The van der Waals surface area contributed by atoms with Crippen LogP contribution in [0.15, 0.2) is 42.1 Å². The monoisotopic (exact) mass is 646 g/mol. The van der Waals surface area contributed by atoms with Crippen molar-refractivity contribution in [3.63, 3.8) is 0 Å². The normalized spacial score (nSPS) is 32.0. The first-order valence-electron chi connectivity index (χ1n) is 17.0. The largest absolute Gasteiger partial charge is 0.467 e. The van der Waals surface area contributed by atoms with Gasteiger partial charge in [-0.1, -0.05) is 37.6 Å². The van der Waals surface area contributed by atoms with Crippen LogP contribution < -0.4 is 5.32 Å². The molecule has 4 aliphatic rings. The smallest absolute Gasteiger partial charge is 0.328 e. The zero-order chi connectivity index (χ0) is 33.6. The van der Waals surface area contributed by atoms with E-state index >= 15 is 0 Å². The maximum absolute atomic E-state index is 13.5. The molecule has 10 nitrogen and oxygen atoms in total. The number of fused-ring (bicyclic) bond motifs is 6. The summed E-state index contributed by atoms with van der Waals surface area (Å²) in [5.41, 5.74) is 0.819. The van der Waals surface area contributed by atoms with Crippen LogP contribution in [0.4, 0.5) is 0 Å². The first kappa shape index (κ1) is 33.1. The van der Waals surface area contributed by atoms with Crippen molar-refractivity contribution in [2.24, 2.45) is 28.6 Å². The quantitative estimate of drug-likeness (QED) is 0.319. The first-order chi connectivity index (χ1) is 22.4. The number of rotatable bonds is 10. The Kier molecular flexibility index (Phi) is 8.93. The molecule has 1 heterocycles. The number of hydrogen-bond acceptors (Lipinski definition) is 8. The SMILES string of the molecule is COC(=O)[C@H](Cc1c[nH]c2ccccc12)NC(=O)CCC(=O)OCC(=O)[C@@]1(O)CC[C@@H]2[C@H]3CCC4=CC(=O)CC[C@]4(C)[C@@H]3CC[C@@]21C. The molecule has 1 aromatic carbocycles. The standard InChI is InChI=1S/C37H46N2O8/c1-35-15-12-24(40)19-23(35)8-9-26-27(35)13-16-36(2)28(26)14-17-37(36,45)31(41)21-47-33(43)11-10-32(42)39-30(34(44)46-3)18-22-20-38-29-7-5-4-6-25(22)29/h4-7,19-20,26-28,30,38,45H,8-18,21H2,1-3H3,(H,39,42)/t26-,27+,28+,30-,35-,36-,37-/m0/s1. The summed E-state index contributed by atoms with van der Waals surface area (Å²) in [4.78, 5) is 66.7. The molecule has 0 aliphatic heterocycles. The third kappa shape index (κ3) is 5.83.